The molecular weight excluding hydrogens is 204 g/mol. The van der Waals surface area contributed by atoms with Crippen LogP contribution in [-0.4, -0.2) is 41.1 Å². The van der Waals surface area contributed by atoms with Crippen LogP contribution in [0.1, 0.15) is 45.4 Å². The molecule has 4 nitrogen and oxygen atoms in total. The molecule has 1 aliphatic rings. The van der Waals surface area contributed by atoms with Gasteiger partial charge in [0.15, 0.2) is 0 Å². The molecule has 0 aliphatic carbocycles. The Morgan fingerprint density at radius 2 is 2.06 bits per heavy atom. The van der Waals surface area contributed by atoms with E-state index < -0.39 is 5.60 Å². The van der Waals surface area contributed by atoms with Crippen molar-refractivity contribution >= 4 is 5.91 Å². The van der Waals surface area contributed by atoms with E-state index in [0.29, 0.717) is 25.9 Å². The summed E-state index contributed by atoms with van der Waals surface area (Å²) >= 11 is 0. The van der Waals surface area contributed by atoms with Gasteiger partial charge in [0.2, 0.25) is 5.91 Å². The van der Waals surface area contributed by atoms with Crippen LogP contribution in [0.5, 0.6) is 0 Å². The molecular formula is C12H24N2O2. The van der Waals surface area contributed by atoms with E-state index in [-0.39, 0.29) is 5.91 Å². The van der Waals surface area contributed by atoms with Crippen molar-refractivity contribution in [1.29, 1.82) is 0 Å². The van der Waals surface area contributed by atoms with E-state index in [0.717, 1.165) is 32.2 Å². The third-order valence-corrected chi connectivity index (χ3v) is 3.15. The summed E-state index contributed by atoms with van der Waals surface area (Å²) in [6, 6.07) is 0. The number of hydrogen-bond acceptors (Lipinski definition) is 3. The van der Waals surface area contributed by atoms with Crippen LogP contribution in [0.3, 0.4) is 0 Å². The summed E-state index contributed by atoms with van der Waals surface area (Å²) in [6.07, 6.45) is 5.49. The number of nitrogens with zero attached hydrogens (tertiary/aromatic N) is 1. The molecule has 0 spiro atoms. The van der Waals surface area contributed by atoms with Gasteiger partial charge in [-0.25, -0.2) is 0 Å². The first kappa shape index (κ1) is 13.5. The van der Waals surface area contributed by atoms with Crippen LogP contribution in [0.15, 0.2) is 0 Å². The normalized spacial score (nSPS) is 25.1. The molecule has 1 aliphatic heterocycles. The molecule has 4 heteroatoms. The fourth-order valence-corrected chi connectivity index (χ4v) is 2.09. The lowest BCUT2D eigenvalue weighted by atomic mass is 10.1. The lowest BCUT2D eigenvalue weighted by molar-refractivity contribution is -0.131. The minimum Gasteiger partial charge on any atom is -0.388 e. The fourth-order valence-electron chi connectivity index (χ4n) is 2.09. The number of carbonyl (C=O) groups excluding carboxylic acids is 1. The Hall–Kier alpha value is -0.610. The number of rotatable bonds is 6. The van der Waals surface area contributed by atoms with Gasteiger partial charge in [0, 0.05) is 19.5 Å². The Kier molecular flexibility index (Phi) is 5.22. The Balaban J connectivity index is 2.12. The van der Waals surface area contributed by atoms with E-state index in [1.807, 2.05) is 0 Å². The lowest BCUT2D eigenvalue weighted by Gasteiger charge is -2.18. The second kappa shape index (κ2) is 6.21. The highest BCUT2D eigenvalue weighted by atomic mass is 16.3. The fraction of sp³-hybridized carbons (Fsp3) is 0.917. The maximum absolute atomic E-state index is 11.8. The second-order valence-electron chi connectivity index (χ2n) is 5.02. The molecule has 1 saturated heterocycles. The number of hydrogen-bond donors (Lipinski definition) is 2. The van der Waals surface area contributed by atoms with E-state index in [2.05, 4.69) is 0 Å². The van der Waals surface area contributed by atoms with Crippen molar-refractivity contribution in [1.82, 2.24) is 4.90 Å². The zero-order valence-corrected chi connectivity index (χ0v) is 10.2. The Morgan fingerprint density at radius 1 is 1.38 bits per heavy atom. The number of aliphatic hydroxyl groups is 1. The predicted octanol–water partition coefficient (Wildman–Crippen LogP) is 0.879. The van der Waals surface area contributed by atoms with Gasteiger partial charge in [-0.15, -0.1) is 0 Å². The molecule has 3 N–H and O–H groups in total. The van der Waals surface area contributed by atoms with Gasteiger partial charge >= 0.3 is 0 Å². The van der Waals surface area contributed by atoms with Gasteiger partial charge in [0.1, 0.15) is 0 Å². The number of likely N-dealkylation sites (tertiary alicyclic amines) is 1. The van der Waals surface area contributed by atoms with Crippen molar-refractivity contribution in [3.63, 3.8) is 0 Å². The van der Waals surface area contributed by atoms with Crippen LogP contribution >= 0.6 is 0 Å². The summed E-state index contributed by atoms with van der Waals surface area (Å²) in [5.41, 5.74) is 4.73. The topological polar surface area (TPSA) is 66.6 Å². The van der Waals surface area contributed by atoms with E-state index in [1.165, 1.54) is 0 Å². The predicted molar refractivity (Wildman–Crippen MR) is 64.0 cm³/mol. The summed E-state index contributed by atoms with van der Waals surface area (Å²) in [6.45, 7) is 3.73. The van der Waals surface area contributed by atoms with E-state index in [1.54, 1.807) is 11.8 Å². The van der Waals surface area contributed by atoms with Crippen molar-refractivity contribution in [2.45, 2.75) is 51.0 Å². The molecule has 1 rings (SSSR count). The minimum atomic E-state index is -0.671. The quantitative estimate of drug-likeness (QED) is 0.663. The first-order valence-electron chi connectivity index (χ1n) is 6.25. The van der Waals surface area contributed by atoms with Gasteiger partial charge in [-0.3, -0.25) is 4.79 Å². The maximum atomic E-state index is 11.8. The zero-order valence-electron chi connectivity index (χ0n) is 10.2. The van der Waals surface area contributed by atoms with E-state index in [4.69, 9.17) is 5.73 Å². The summed E-state index contributed by atoms with van der Waals surface area (Å²) in [5.74, 6) is 0.186. The summed E-state index contributed by atoms with van der Waals surface area (Å²) in [5, 5.41) is 9.75. The molecule has 0 aromatic rings. The average molecular weight is 228 g/mol. The summed E-state index contributed by atoms with van der Waals surface area (Å²) in [7, 11) is 0. The third kappa shape index (κ3) is 4.49. The van der Waals surface area contributed by atoms with Crippen LogP contribution in [0.25, 0.3) is 0 Å². The number of unbranched alkanes of at least 4 members (excludes halogenated alkanes) is 3. The number of carbonyl (C=O) groups is 1. The number of nitrogens with two attached hydrogens (primary N) is 1. The minimum absolute atomic E-state index is 0.186. The Labute approximate surface area is 97.8 Å². The van der Waals surface area contributed by atoms with Gasteiger partial charge in [-0.2, -0.15) is 0 Å². The van der Waals surface area contributed by atoms with E-state index in [9.17, 15) is 9.90 Å². The van der Waals surface area contributed by atoms with E-state index >= 15 is 0 Å². The molecule has 0 aromatic heterocycles. The summed E-state index contributed by atoms with van der Waals surface area (Å²) < 4.78 is 0. The molecule has 1 fully saturated rings. The van der Waals surface area contributed by atoms with Crippen molar-refractivity contribution in [2.75, 3.05) is 19.6 Å². The maximum Gasteiger partial charge on any atom is 0.222 e. The van der Waals surface area contributed by atoms with Crippen molar-refractivity contribution in [2.24, 2.45) is 5.73 Å². The molecule has 1 atom stereocenters. The van der Waals surface area contributed by atoms with Crippen LogP contribution in [0.2, 0.25) is 0 Å². The highest BCUT2D eigenvalue weighted by Crippen LogP contribution is 2.21. The first-order valence-corrected chi connectivity index (χ1v) is 6.25. The molecule has 1 heterocycles. The molecule has 0 bridgehead atoms. The highest BCUT2D eigenvalue weighted by molar-refractivity contribution is 5.76. The third-order valence-electron chi connectivity index (χ3n) is 3.15. The van der Waals surface area contributed by atoms with Crippen LogP contribution in [0, 0.1) is 0 Å². The van der Waals surface area contributed by atoms with Crippen LogP contribution < -0.4 is 5.73 Å². The van der Waals surface area contributed by atoms with Gasteiger partial charge < -0.3 is 15.7 Å². The Morgan fingerprint density at radius 3 is 2.62 bits per heavy atom. The van der Waals surface area contributed by atoms with Gasteiger partial charge in [-0.05, 0) is 32.7 Å². The number of amides is 1. The highest BCUT2D eigenvalue weighted by Gasteiger charge is 2.33. The van der Waals surface area contributed by atoms with Crippen LogP contribution in [0.4, 0.5) is 0 Å². The van der Waals surface area contributed by atoms with Crippen molar-refractivity contribution in [3.8, 4) is 0 Å². The van der Waals surface area contributed by atoms with Crippen LogP contribution in [-0.2, 0) is 4.79 Å². The largest absolute Gasteiger partial charge is 0.388 e. The SMILES string of the molecule is CC1(O)CCN(C(=O)CCCCCCN)C1. The molecule has 1 amide bonds. The summed E-state index contributed by atoms with van der Waals surface area (Å²) in [4.78, 5) is 13.5. The molecule has 0 saturated carbocycles. The van der Waals surface area contributed by atoms with Gasteiger partial charge in [-0.1, -0.05) is 12.8 Å². The van der Waals surface area contributed by atoms with Gasteiger partial charge in [0.05, 0.1) is 5.60 Å². The van der Waals surface area contributed by atoms with Gasteiger partial charge in [0.25, 0.3) is 0 Å². The lowest BCUT2D eigenvalue weighted by Crippen LogP contribution is -2.33. The molecule has 0 radical (unpaired) electrons. The molecule has 16 heavy (non-hydrogen) atoms. The number of β-amino-alcohol motifs (C(OH)–C–C–N with tert-alkyl or cyclic N) is 1. The monoisotopic (exact) mass is 228 g/mol. The zero-order chi connectivity index (χ0) is 12.0. The average Bonchev–Trinajstić information content (AvgIpc) is 2.58. The standard InChI is InChI=1S/C12H24N2O2/c1-12(16)7-9-14(10-12)11(15)6-4-2-3-5-8-13/h16H,2-10,13H2,1H3. The molecule has 1 unspecified atom stereocenters. The van der Waals surface area contributed by atoms with Crippen molar-refractivity contribution in [3.05, 3.63) is 0 Å². The Bertz CT molecular complexity index is 229. The molecule has 0 aromatic carbocycles. The first-order chi connectivity index (χ1) is 7.55. The smallest absolute Gasteiger partial charge is 0.222 e. The molecule has 94 valence electrons. The van der Waals surface area contributed by atoms with Crippen molar-refractivity contribution < 1.29 is 9.90 Å². The second-order valence-corrected chi connectivity index (χ2v) is 5.02.